The molecular weight excluding hydrogens is 1350 g/mol. The second-order valence-electron chi connectivity index (χ2n) is 28.4. The van der Waals surface area contributed by atoms with Crippen molar-refractivity contribution in [1.82, 2.24) is 47.3 Å². The van der Waals surface area contributed by atoms with Gasteiger partial charge < -0.3 is 27.7 Å². The highest BCUT2D eigenvalue weighted by Gasteiger charge is 2.35. The van der Waals surface area contributed by atoms with E-state index >= 15 is 0 Å². The number of para-hydroxylation sites is 10. The van der Waals surface area contributed by atoms with E-state index in [9.17, 15) is 0 Å². The van der Waals surface area contributed by atoms with E-state index in [1.54, 1.807) is 0 Å². The Labute approximate surface area is 631 Å². The topological polar surface area (TPSA) is 99.6 Å². The molecule has 0 fully saturated rings. The number of aryl methyl sites for hydroxylation is 2. The average Bonchev–Trinajstić information content (AvgIpc) is 1.47. The van der Waals surface area contributed by atoms with Gasteiger partial charge in [0.1, 0.15) is 22.9 Å². The lowest BCUT2D eigenvalue weighted by Gasteiger charge is -2.26. The highest BCUT2D eigenvalue weighted by atomic mass is 16.5. The largest absolute Gasteiger partial charge is 0.494 e. The minimum Gasteiger partial charge on any atom is -0.494 e. The third kappa shape index (κ3) is 9.99. The minimum absolute atomic E-state index is 0.450. The molecule has 0 aliphatic rings. The van der Waals surface area contributed by atoms with E-state index in [4.69, 9.17) is 29.4 Å². The molecule has 522 valence electrons. The average molecular weight is 1420 g/mol. The predicted molar refractivity (Wildman–Crippen MR) is 450 cm³/mol. The summed E-state index contributed by atoms with van der Waals surface area (Å²) < 4.78 is 28.4. The molecule has 0 spiro atoms. The van der Waals surface area contributed by atoms with Crippen molar-refractivity contribution in [3.05, 3.63) is 340 Å². The van der Waals surface area contributed by atoms with Crippen molar-refractivity contribution in [2.45, 2.75) is 25.9 Å². The van der Waals surface area contributed by atoms with Crippen molar-refractivity contribution in [1.29, 1.82) is 0 Å². The van der Waals surface area contributed by atoms with E-state index in [0.29, 0.717) is 42.3 Å². The van der Waals surface area contributed by atoms with Gasteiger partial charge in [0.25, 0.3) is 0 Å². The minimum atomic E-state index is 0.450. The first-order valence-electron chi connectivity index (χ1n) is 37.8. The van der Waals surface area contributed by atoms with Crippen LogP contribution in [0.5, 0.6) is 11.5 Å². The third-order valence-electron chi connectivity index (χ3n) is 22.3. The number of aromatic nitrogens is 10. The molecule has 0 atom stereocenters. The summed E-state index contributed by atoms with van der Waals surface area (Å²) in [5.41, 5.74) is 16.6. The molecule has 0 radical (unpaired) electrons. The maximum Gasteiger partial charge on any atom is 0.168 e. The lowest BCUT2D eigenvalue weighted by Crippen LogP contribution is -2.17. The van der Waals surface area contributed by atoms with Crippen LogP contribution in [-0.2, 0) is 13.1 Å². The molecule has 0 aliphatic carbocycles. The molecule has 0 amide bonds. The third-order valence-corrected chi connectivity index (χ3v) is 22.3. The number of ether oxygens (including phenoxy) is 2. The highest BCUT2D eigenvalue weighted by molar-refractivity contribution is 6.17. The summed E-state index contributed by atoms with van der Waals surface area (Å²) in [5, 5.41) is 13.5. The molecule has 12 nitrogen and oxygen atoms in total. The molecule has 110 heavy (non-hydrogen) atoms. The Morgan fingerprint density at radius 3 is 0.800 bits per heavy atom. The maximum absolute atomic E-state index is 6.93. The van der Waals surface area contributed by atoms with Crippen molar-refractivity contribution in [3.8, 4) is 68.7 Å². The van der Waals surface area contributed by atoms with E-state index in [-0.39, 0.29) is 0 Å². The maximum atomic E-state index is 6.93. The van der Waals surface area contributed by atoms with Crippen LogP contribution in [0.3, 0.4) is 0 Å². The molecule has 0 N–H and O–H groups in total. The number of hydrogen-bond donors (Lipinski definition) is 0. The molecule has 22 aromatic rings. The molecule has 8 heterocycles. The van der Waals surface area contributed by atoms with Gasteiger partial charge in [-0.3, -0.25) is 9.13 Å². The van der Waals surface area contributed by atoms with Crippen LogP contribution in [0.2, 0.25) is 0 Å². The Hall–Kier alpha value is -14.4. The Morgan fingerprint density at radius 1 is 0.218 bits per heavy atom. The summed E-state index contributed by atoms with van der Waals surface area (Å²) in [6.45, 7) is 2.63. The van der Waals surface area contributed by atoms with Gasteiger partial charge in [-0.1, -0.05) is 243 Å². The van der Waals surface area contributed by atoms with Crippen molar-refractivity contribution in [2.75, 3.05) is 13.2 Å². The van der Waals surface area contributed by atoms with Crippen LogP contribution in [0.25, 0.3) is 188 Å². The van der Waals surface area contributed by atoms with Crippen LogP contribution in [0.1, 0.15) is 12.8 Å². The molecule has 0 saturated carbocycles. The SMILES string of the molecule is c1ccc(-c2nc(-c3ccccc3)nc(-c3c(-n4c5ccccc5c5ccccc54)c(-n4c5ccccc5c5cc(OCCCn6c7ccccc7c7ccccc76)ccc54)nc(-n4c5ccccc5c5cc(OCCCn6c7ccccc7c7ccccc76)ccc54)c3-n3c4ccccc4c4ccccc43)n2)cc1. The van der Waals surface area contributed by atoms with Crippen LogP contribution in [0.4, 0.5) is 0 Å². The smallest absolute Gasteiger partial charge is 0.168 e. The highest BCUT2D eigenvalue weighted by Crippen LogP contribution is 2.50. The Bertz CT molecular complexity index is 6800. The number of rotatable bonds is 17. The number of fused-ring (bicyclic) bond motifs is 18. The zero-order valence-electron chi connectivity index (χ0n) is 59.9. The van der Waals surface area contributed by atoms with Gasteiger partial charge in [-0.25, -0.2) is 19.9 Å². The lowest BCUT2D eigenvalue weighted by atomic mass is 10.1. The van der Waals surface area contributed by atoms with Crippen molar-refractivity contribution < 1.29 is 9.47 Å². The summed E-state index contributed by atoms with van der Waals surface area (Å²) in [5.74, 6) is 4.36. The van der Waals surface area contributed by atoms with E-state index in [1.165, 1.54) is 43.6 Å². The van der Waals surface area contributed by atoms with Crippen molar-refractivity contribution in [2.24, 2.45) is 0 Å². The molecule has 14 aromatic carbocycles. The van der Waals surface area contributed by atoms with Gasteiger partial charge in [0.05, 0.1) is 62.9 Å². The first-order valence-corrected chi connectivity index (χ1v) is 37.8. The first-order chi connectivity index (χ1) is 54.6. The second kappa shape index (κ2) is 25.7. The summed E-state index contributed by atoms with van der Waals surface area (Å²) in [6.07, 6.45) is 1.60. The van der Waals surface area contributed by atoms with Crippen LogP contribution in [0, 0.1) is 0 Å². The molecule has 0 unspecified atom stereocenters. The lowest BCUT2D eigenvalue weighted by molar-refractivity contribution is 0.303. The van der Waals surface area contributed by atoms with Crippen LogP contribution >= 0.6 is 0 Å². The molecule has 12 heteroatoms. The monoisotopic (exact) mass is 1420 g/mol. The zero-order valence-corrected chi connectivity index (χ0v) is 59.9. The van der Waals surface area contributed by atoms with Gasteiger partial charge >= 0.3 is 0 Å². The van der Waals surface area contributed by atoms with Gasteiger partial charge in [0, 0.05) is 111 Å². The van der Waals surface area contributed by atoms with E-state index in [2.05, 4.69) is 331 Å². The van der Waals surface area contributed by atoms with E-state index in [0.717, 1.165) is 153 Å². The van der Waals surface area contributed by atoms with Crippen LogP contribution in [-0.4, -0.2) is 60.6 Å². The van der Waals surface area contributed by atoms with Gasteiger partial charge in [-0.2, -0.15) is 0 Å². The van der Waals surface area contributed by atoms with Gasteiger partial charge in [-0.15, -0.1) is 0 Å². The summed E-state index contributed by atoms with van der Waals surface area (Å²) >= 11 is 0. The van der Waals surface area contributed by atoms with Gasteiger partial charge in [0.15, 0.2) is 29.1 Å². The molecule has 8 aromatic heterocycles. The predicted octanol–water partition coefficient (Wildman–Crippen LogP) is 23.8. The normalized spacial score (nSPS) is 12.0. The molecule has 0 saturated heterocycles. The van der Waals surface area contributed by atoms with Gasteiger partial charge in [0.2, 0.25) is 0 Å². The Balaban J connectivity index is 0.828. The van der Waals surface area contributed by atoms with Crippen LogP contribution in [0.15, 0.2) is 340 Å². The Morgan fingerprint density at radius 2 is 0.473 bits per heavy atom. The molecule has 0 aliphatic heterocycles. The summed E-state index contributed by atoms with van der Waals surface area (Å²) in [6, 6.07) is 121. The second-order valence-corrected chi connectivity index (χ2v) is 28.4. The van der Waals surface area contributed by atoms with Crippen molar-refractivity contribution in [3.63, 3.8) is 0 Å². The quantitative estimate of drug-likeness (QED) is 0.0842. The van der Waals surface area contributed by atoms with Crippen molar-refractivity contribution >= 4 is 131 Å². The Kier molecular flexibility index (Phi) is 14.7. The first kappa shape index (κ1) is 63.0. The number of hydrogen-bond acceptors (Lipinski definition) is 6. The van der Waals surface area contributed by atoms with E-state index in [1.807, 2.05) is 36.4 Å². The fraction of sp³-hybridized carbons (Fsp3) is 0.0612. The number of nitrogens with zero attached hydrogens (tertiary/aromatic N) is 10. The molecular formula is C98H68N10O2. The van der Waals surface area contributed by atoms with Crippen LogP contribution < -0.4 is 9.47 Å². The molecule has 0 bridgehead atoms. The molecule has 22 rings (SSSR count). The van der Waals surface area contributed by atoms with Gasteiger partial charge in [-0.05, 0) is 110 Å². The number of pyridine rings is 1. The standard InChI is InChI=1S/C98H68N10O2/c1-3-29-63(30-4-1)94-99-95(64-31-5-2-6-32-64)101-96(100-94)91-92(105-83-47-21-11-37-71(83)72-38-12-22-48-84(72)105)97(107-87-51-25-15-41-75(87)77-61-65(53-55-89(77)107)109-59-27-57-103-79-43-17-7-33-67(79)68-34-8-18-44-80(68)103)102-98(93(91)106-85-49-23-13-39-73(85)74-40-14-24-50-86(74)106)108-88-52-26-16-42-76(88)78-62-66(54-56-90(78)108)110-60-28-58-104-81-45-19-9-35-69(81)70-36-10-20-46-82(70)104/h1-26,29-56,61-62H,27-28,57-60H2. The fourth-order valence-corrected chi connectivity index (χ4v) is 17.6. The summed E-state index contributed by atoms with van der Waals surface area (Å²) in [4.78, 5) is 23.9. The fourth-order valence-electron chi connectivity index (χ4n) is 17.6. The van der Waals surface area contributed by atoms with E-state index < -0.39 is 0 Å². The summed E-state index contributed by atoms with van der Waals surface area (Å²) in [7, 11) is 0. The zero-order chi connectivity index (χ0) is 72.3. The number of benzene rings is 14.